The highest BCUT2D eigenvalue weighted by molar-refractivity contribution is 6.21. The molecule has 3 saturated carbocycles. The van der Waals surface area contributed by atoms with Gasteiger partial charge in [-0.25, -0.2) is 0 Å². The molecule has 4 atom stereocenters. The highest BCUT2D eigenvalue weighted by Gasteiger charge is 2.68. The molecule has 2 N–H and O–H groups in total. The monoisotopic (exact) mass is 320 g/mol. The molecule has 0 amide bonds. The summed E-state index contributed by atoms with van der Waals surface area (Å²) in [5.41, 5.74) is -3.03. The number of allylic oxidation sites excluding steroid dienone is 4. The van der Waals surface area contributed by atoms with Crippen LogP contribution in [-0.4, -0.2) is 40.1 Å². The molecule has 126 valence electrons. The van der Waals surface area contributed by atoms with Crippen molar-refractivity contribution in [2.24, 2.45) is 11.3 Å². The molecule has 5 heteroatoms. The van der Waals surface area contributed by atoms with Crippen LogP contribution in [0.1, 0.15) is 34.1 Å². The lowest BCUT2D eigenvalue weighted by atomic mass is 9.50. The molecule has 3 rings (SSSR count). The highest BCUT2D eigenvalue weighted by Crippen LogP contribution is 2.54. The Hall–Kier alpha value is -1.72. The summed E-state index contributed by atoms with van der Waals surface area (Å²) in [5, 5.41) is 21.0. The van der Waals surface area contributed by atoms with Gasteiger partial charge < -0.3 is 14.9 Å². The van der Waals surface area contributed by atoms with Gasteiger partial charge in [-0.1, -0.05) is 18.2 Å². The summed E-state index contributed by atoms with van der Waals surface area (Å²) < 4.78 is 5.59. The third-order valence-corrected chi connectivity index (χ3v) is 4.97. The maximum absolute atomic E-state index is 12.9. The van der Waals surface area contributed by atoms with Crippen molar-refractivity contribution in [1.29, 1.82) is 0 Å². The Morgan fingerprint density at radius 1 is 1.35 bits per heavy atom. The second-order valence-corrected chi connectivity index (χ2v) is 6.42. The van der Waals surface area contributed by atoms with Crippen LogP contribution in [0.2, 0.25) is 0 Å². The molecular weight excluding hydrogens is 296 g/mol. The third-order valence-electron chi connectivity index (χ3n) is 4.97. The zero-order valence-corrected chi connectivity index (χ0v) is 14.0. The molecule has 0 aliphatic heterocycles. The Morgan fingerprint density at radius 2 is 2.00 bits per heavy atom. The van der Waals surface area contributed by atoms with Crippen LogP contribution in [0.4, 0.5) is 0 Å². The fraction of sp³-hybridized carbons (Fsp3) is 0.556. The molecule has 0 radical (unpaired) electrons. The molecule has 3 fully saturated rings. The summed E-state index contributed by atoms with van der Waals surface area (Å²) >= 11 is 0. The van der Waals surface area contributed by atoms with Gasteiger partial charge in [0, 0.05) is 18.1 Å². The molecule has 3 aliphatic rings. The Kier molecular flexibility index (Phi) is 4.64. The molecule has 0 saturated heterocycles. The van der Waals surface area contributed by atoms with Crippen LogP contribution in [0.15, 0.2) is 35.6 Å². The van der Waals surface area contributed by atoms with Gasteiger partial charge >= 0.3 is 0 Å². The van der Waals surface area contributed by atoms with Crippen LogP contribution in [-0.2, 0) is 14.3 Å². The summed E-state index contributed by atoms with van der Waals surface area (Å²) in [6, 6.07) is 0. The number of aliphatic hydroxyl groups is 2. The van der Waals surface area contributed by atoms with E-state index in [4.69, 9.17) is 4.74 Å². The Labute approximate surface area is 136 Å². The summed E-state index contributed by atoms with van der Waals surface area (Å²) in [4.78, 5) is 25.6. The molecule has 2 bridgehead atoms. The normalized spacial score (nSPS) is 39.7. The van der Waals surface area contributed by atoms with E-state index < -0.39 is 34.6 Å². The minimum atomic E-state index is -1.69. The summed E-state index contributed by atoms with van der Waals surface area (Å²) in [5.74, 6) is -1.95. The predicted octanol–water partition coefficient (Wildman–Crippen LogP) is 2.26. The number of hydrogen-bond donors (Lipinski definition) is 2. The maximum atomic E-state index is 12.9. The number of carbonyl (C=O) groups is 2. The molecule has 0 aromatic carbocycles. The quantitative estimate of drug-likeness (QED) is 0.359. The van der Waals surface area contributed by atoms with E-state index >= 15 is 0 Å². The second-order valence-electron chi connectivity index (χ2n) is 6.42. The average Bonchev–Trinajstić information content (AvgIpc) is 2.49. The molecule has 23 heavy (non-hydrogen) atoms. The fourth-order valence-electron chi connectivity index (χ4n) is 3.67. The van der Waals surface area contributed by atoms with Crippen molar-refractivity contribution in [3.05, 3.63) is 35.6 Å². The first-order valence-electron chi connectivity index (χ1n) is 7.89. The van der Waals surface area contributed by atoms with E-state index in [1.54, 1.807) is 25.2 Å². The van der Waals surface area contributed by atoms with Crippen molar-refractivity contribution in [2.45, 2.75) is 45.8 Å². The van der Waals surface area contributed by atoms with E-state index in [1.807, 2.05) is 6.92 Å². The molecule has 0 aromatic heterocycles. The first-order chi connectivity index (χ1) is 10.7. The van der Waals surface area contributed by atoms with Gasteiger partial charge in [0.15, 0.2) is 11.6 Å². The van der Waals surface area contributed by atoms with Crippen molar-refractivity contribution in [3.8, 4) is 0 Å². The topological polar surface area (TPSA) is 83.8 Å². The van der Waals surface area contributed by atoms with E-state index in [-0.39, 0.29) is 11.3 Å². The van der Waals surface area contributed by atoms with Gasteiger partial charge in [0.25, 0.3) is 0 Å². The van der Waals surface area contributed by atoms with Gasteiger partial charge in [0.1, 0.15) is 16.8 Å². The van der Waals surface area contributed by atoms with Crippen LogP contribution in [0, 0.1) is 11.3 Å². The smallest absolute Gasteiger partial charge is 0.180 e. The van der Waals surface area contributed by atoms with E-state index in [0.29, 0.717) is 13.0 Å². The van der Waals surface area contributed by atoms with Gasteiger partial charge in [-0.05, 0) is 40.2 Å². The number of hydrogen-bond acceptors (Lipinski definition) is 5. The molecule has 3 aliphatic carbocycles. The zero-order chi connectivity index (χ0) is 17.4. The van der Waals surface area contributed by atoms with E-state index in [1.165, 1.54) is 19.9 Å². The molecule has 0 aromatic rings. The summed E-state index contributed by atoms with van der Waals surface area (Å²) in [6.07, 6.45) is 6.27. The van der Waals surface area contributed by atoms with Crippen LogP contribution in [0.25, 0.3) is 0 Å². The largest absolute Gasteiger partial charge is 0.508 e. The first-order valence-corrected chi connectivity index (χ1v) is 7.89. The molecule has 0 spiro atoms. The molecular formula is C18H24O5. The lowest BCUT2D eigenvalue weighted by molar-refractivity contribution is -0.186. The number of carbonyl (C=O) groups excluding carboxylic acids is 2. The van der Waals surface area contributed by atoms with Crippen LogP contribution >= 0.6 is 0 Å². The first kappa shape index (κ1) is 17.6. The summed E-state index contributed by atoms with van der Waals surface area (Å²) in [7, 11) is 0. The van der Waals surface area contributed by atoms with Gasteiger partial charge in [-0.2, -0.15) is 0 Å². The number of rotatable bonds is 4. The molecule has 0 heterocycles. The predicted molar refractivity (Wildman–Crippen MR) is 85.9 cm³/mol. The standard InChI is InChI=1S/C18H24O5/c1-5-7-8-9-12(19)14-11-10-13(23-6-2)17(3,15(14)20)16(21)18(11,4)22/h5,7-9,11,13,19,22H,6,10H2,1-4H3/b7-5+,9-8+,14-12-/t11?,13?,17?,18-/m0/s1. The van der Waals surface area contributed by atoms with E-state index in [2.05, 4.69) is 0 Å². The lowest BCUT2D eigenvalue weighted by Crippen LogP contribution is -2.69. The van der Waals surface area contributed by atoms with Crippen molar-refractivity contribution in [2.75, 3.05) is 6.61 Å². The minimum Gasteiger partial charge on any atom is -0.508 e. The van der Waals surface area contributed by atoms with Crippen LogP contribution in [0.3, 0.4) is 0 Å². The average molecular weight is 320 g/mol. The number of fused-ring (bicyclic) bond motifs is 3. The number of ketones is 2. The van der Waals surface area contributed by atoms with Crippen molar-refractivity contribution >= 4 is 11.6 Å². The van der Waals surface area contributed by atoms with E-state index in [0.717, 1.165) is 0 Å². The van der Waals surface area contributed by atoms with Crippen molar-refractivity contribution in [3.63, 3.8) is 0 Å². The van der Waals surface area contributed by atoms with Gasteiger partial charge in [-0.15, -0.1) is 0 Å². The zero-order valence-electron chi connectivity index (χ0n) is 14.0. The minimum absolute atomic E-state index is 0.119. The third kappa shape index (κ3) is 2.48. The Balaban J connectivity index is 2.57. The Morgan fingerprint density at radius 3 is 2.57 bits per heavy atom. The van der Waals surface area contributed by atoms with Gasteiger partial charge in [0.05, 0.1) is 6.10 Å². The van der Waals surface area contributed by atoms with Crippen LogP contribution in [0.5, 0.6) is 0 Å². The molecule has 3 unspecified atom stereocenters. The lowest BCUT2D eigenvalue weighted by Gasteiger charge is -2.54. The van der Waals surface area contributed by atoms with Crippen LogP contribution < -0.4 is 0 Å². The van der Waals surface area contributed by atoms with E-state index in [9.17, 15) is 19.8 Å². The second kappa shape index (κ2) is 6.06. The molecule has 5 nitrogen and oxygen atoms in total. The number of Topliss-reactive ketones (excluding diaryl/α,β-unsaturated/α-hetero) is 2. The Bertz CT molecular complexity index is 611. The van der Waals surface area contributed by atoms with Gasteiger partial charge in [-0.3, -0.25) is 9.59 Å². The number of ether oxygens (including phenoxy) is 1. The maximum Gasteiger partial charge on any atom is 0.180 e. The van der Waals surface area contributed by atoms with Gasteiger partial charge in [0.2, 0.25) is 0 Å². The fourth-order valence-corrected chi connectivity index (χ4v) is 3.67. The van der Waals surface area contributed by atoms with Crippen molar-refractivity contribution in [1.82, 2.24) is 0 Å². The number of aliphatic hydroxyl groups excluding tert-OH is 1. The van der Waals surface area contributed by atoms with Crippen molar-refractivity contribution < 1.29 is 24.5 Å². The SMILES string of the molecule is C/C=C/C=C/C(O)=C1/C(=O)C2(C)C(=O)[C@@](C)(O)C1CC2OCC. The summed E-state index contributed by atoms with van der Waals surface area (Å²) in [6.45, 7) is 6.93. The highest BCUT2D eigenvalue weighted by atomic mass is 16.5.